The van der Waals surface area contributed by atoms with E-state index in [1.54, 1.807) is 17.0 Å². The largest absolute Gasteiger partial charge is 0.376 e. The van der Waals surface area contributed by atoms with Crippen molar-refractivity contribution in [3.05, 3.63) is 35.6 Å². The van der Waals surface area contributed by atoms with E-state index in [1.807, 2.05) is 0 Å². The minimum absolute atomic E-state index is 0.0994. The van der Waals surface area contributed by atoms with Gasteiger partial charge >= 0.3 is 0 Å². The highest BCUT2D eigenvalue weighted by molar-refractivity contribution is 5.94. The molecule has 2 heterocycles. The first-order valence-electron chi connectivity index (χ1n) is 11.3. The van der Waals surface area contributed by atoms with Crippen LogP contribution in [0.1, 0.15) is 48.9 Å². The van der Waals surface area contributed by atoms with Crippen molar-refractivity contribution in [2.24, 2.45) is 5.92 Å². The highest BCUT2D eigenvalue weighted by Gasteiger charge is 2.37. The van der Waals surface area contributed by atoms with Crippen molar-refractivity contribution in [1.29, 1.82) is 0 Å². The lowest BCUT2D eigenvalue weighted by molar-refractivity contribution is -0.129. The van der Waals surface area contributed by atoms with Gasteiger partial charge in [0.25, 0.3) is 5.91 Å². The van der Waals surface area contributed by atoms with E-state index in [0.717, 1.165) is 32.3 Å². The summed E-state index contributed by atoms with van der Waals surface area (Å²) in [5.74, 6) is -0.0691. The van der Waals surface area contributed by atoms with Gasteiger partial charge in [-0.25, -0.2) is 4.39 Å². The summed E-state index contributed by atoms with van der Waals surface area (Å²) in [6.07, 6.45) is 6.74. The summed E-state index contributed by atoms with van der Waals surface area (Å²) in [7, 11) is 0. The van der Waals surface area contributed by atoms with E-state index >= 15 is 0 Å². The average Bonchev–Trinajstić information content (AvgIpc) is 3.47. The fraction of sp³-hybridized carbons (Fsp3) is 0.652. The van der Waals surface area contributed by atoms with Crippen molar-refractivity contribution < 1.29 is 18.7 Å². The summed E-state index contributed by atoms with van der Waals surface area (Å²) < 4.78 is 19.1. The van der Waals surface area contributed by atoms with Crippen LogP contribution in [-0.4, -0.2) is 73.1 Å². The predicted octanol–water partition coefficient (Wildman–Crippen LogP) is 2.44. The van der Waals surface area contributed by atoms with Crippen molar-refractivity contribution >= 4 is 11.8 Å². The van der Waals surface area contributed by atoms with Crippen molar-refractivity contribution in [3.8, 4) is 0 Å². The predicted molar refractivity (Wildman–Crippen MR) is 112 cm³/mol. The van der Waals surface area contributed by atoms with Gasteiger partial charge in [-0.05, 0) is 49.8 Å². The highest BCUT2D eigenvalue weighted by atomic mass is 19.1. The monoisotopic (exact) mass is 417 g/mol. The highest BCUT2D eigenvalue weighted by Crippen LogP contribution is 2.31. The number of benzene rings is 1. The molecular formula is C23H32FN3O3. The number of nitrogens with zero attached hydrogens (tertiary/aromatic N) is 2. The minimum atomic E-state index is -0.399. The number of amides is 2. The van der Waals surface area contributed by atoms with Gasteiger partial charge in [-0.2, -0.15) is 0 Å². The Bertz CT molecular complexity index is 739. The Hall–Kier alpha value is -1.99. The van der Waals surface area contributed by atoms with Crippen LogP contribution in [0.15, 0.2) is 24.3 Å². The third-order valence-corrected chi connectivity index (χ3v) is 6.71. The van der Waals surface area contributed by atoms with Crippen LogP contribution in [0.25, 0.3) is 0 Å². The van der Waals surface area contributed by atoms with Gasteiger partial charge < -0.3 is 15.0 Å². The summed E-state index contributed by atoms with van der Waals surface area (Å²) in [6.45, 7) is 3.80. The first-order chi connectivity index (χ1) is 14.6. The van der Waals surface area contributed by atoms with E-state index in [0.29, 0.717) is 44.2 Å². The molecule has 2 atom stereocenters. The van der Waals surface area contributed by atoms with E-state index in [9.17, 15) is 14.0 Å². The van der Waals surface area contributed by atoms with Gasteiger partial charge in [-0.3, -0.25) is 14.5 Å². The van der Waals surface area contributed by atoms with Crippen molar-refractivity contribution in [2.75, 3.05) is 39.3 Å². The normalized spacial score (nSPS) is 24.2. The van der Waals surface area contributed by atoms with Crippen LogP contribution in [0, 0.1) is 11.7 Å². The molecule has 30 heavy (non-hydrogen) atoms. The Balaban J connectivity index is 1.36. The Morgan fingerprint density at radius 2 is 1.87 bits per heavy atom. The second-order valence-electron chi connectivity index (χ2n) is 8.71. The number of ether oxygens (including phenoxy) is 1. The van der Waals surface area contributed by atoms with Gasteiger partial charge in [0.1, 0.15) is 5.82 Å². The SMILES string of the molecule is O=C(NC[C@@H]1CCCO1)[C@@H](C1CCCC1)N1CCN(C(=O)c2cccc(F)c2)CC1. The van der Waals surface area contributed by atoms with Gasteiger partial charge in [0.05, 0.1) is 12.1 Å². The number of carbonyl (C=O) groups is 2. The molecular weight excluding hydrogens is 385 g/mol. The van der Waals surface area contributed by atoms with Gasteiger partial charge in [-0.1, -0.05) is 18.9 Å². The summed E-state index contributed by atoms with van der Waals surface area (Å²) in [5.41, 5.74) is 0.380. The number of piperazine rings is 1. The summed E-state index contributed by atoms with van der Waals surface area (Å²) >= 11 is 0. The molecule has 0 radical (unpaired) electrons. The van der Waals surface area contributed by atoms with Crippen molar-refractivity contribution in [3.63, 3.8) is 0 Å². The standard InChI is InChI=1S/C23H32FN3O3/c24-19-8-3-7-18(15-19)23(29)27-12-10-26(11-13-27)21(17-5-1-2-6-17)22(28)25-16-20-9-4-14-30-20/h3,7-8,15,17,20-21H,1-2,4-6,9-14,16H2,(H,25,28)/t20-,21+/m0/s1. The molecule has 3 aliphatic rings. The molecule has 6 nitrogen and oxygen atoms in total. The number of rotatable bonds is 6. The fourth-order valence-corrected chi connectivity index (χ4v) is 5.08. The van der Waals surface area contributed by atoms with E-state index in [-0.39, 0.29) is 24.0 Å². The number of nitrogens with one attached hydrogen (secondary N) is 1. The zero-order chi connectivity index (χ0) is 20.9. The fourth-order valence-electron chi connectivity index (χ4n) is 5.08. The molecule has 7 heteroatoms. The van der Waals surface area contributed by atoms with Crippen LogP contribution in [-0.2, 0) is 9.53 Å². The van der Waals surface area contributed by atoms with Crippen LogP contribution >= 0.6 is 0 Å². The van der Waals surface area contributed by atoms with E-state index in [1.165, 1.54) is 25.0 Å². The molecule has 2 amide bonds. The maximum Gasteiger partial charge on any atom is 0.254 e. The molecule has 1 aliphatic carbocycles. The Morgan fingerprint density at radius 3 is 2.53 bits per heavy atom. The first kappa shape index (κ1) is 21.2. The molecule has 1 aromatic carbocycles. The topological polar surface area (TPSA) is 61.9 Å². The summed E-state index contributed by atoms with van der Waals surface area (Å²) in [6, 6.07) is 5.70. The molecule has 0 spiro atoms. The molecule has 0 bridgehead atoms. The zero-order valence-electron chi connectivity index (χ0n) is 17.5. The number of halogens is 1. The van der Waals surface area contributed by atoms with E-state index < -0.39 is 5.82 Å². The van der Waals surface area contributed by atoms with Gasteiger partial charge in [0.15, 0.2) is 0 Å². The van der Waals surface area contributed by atoms with Crippen LogP contribution in [0.3, 0.4) is 0 Å². The van der Waals surface area contributed by atoms with Crippen molar-refractivity contribution in [1.82, 2.24) is 15.1 Å². The molecule has 0 aromatic heterocycles. The molecule has 164 valence electrons. The second kappa shape index (κ2) is 9.88. The molecule has 2 aliphatic heterocycles. The number of carbonyl (C=O) groups excluding carboxylic acids is 2. The molecule has 1 saturated carbocycles. The number of hydrogen-bond acceptors (Lipinski definition) is 4. The second-order valence-corrected chi connectivity index (χ2v) is 8.71. The molecule has 2 saturated heterocycles. The third-order valence-electron chi connectivity index (χ3n) is 6.71. The third kappa shape index (κ3) is 5.01. The summed E-state index contributed by atoms with van der Waals surface area (Å²) in [5, 5.41) is 3.14. The Kier molecular flexibility index (Phi) is 7.00. The lowest BCUT2D eigenvalue weighted by Gasteiger charge is -2.41. The Morgan fingerprint density at radius 1 is 1.10 bits per heavy atom. The van der Waals surface area contributed by atoms with Gasteiger partial charge in [0, 0.05) is 44.9 Å². The first-order valence-corrected chi connectivity index (χ1v) is 11.3. The van der Waals surface area contributed by atoms with Gasteiger partial charge in [-0.15, -0.1) is 0 Å². The van der Waals surface area contributed by atoms with Crippen LogP contribution in [0.2, 0.25) is 0 Å². The smallest absolute Gasteiger partial charge is 0.254 e. The van der Waals surface area contributed by atoms with Crippen LogP contribution in [0.5, 0.6) is 0 Å². The summed E-state index contributed by atoms with van der Waals surface area (Å²) in [4.78, 5) is 29.9. The van der Waals surface area contributed by atoms with Crippen LogP contribution < -0.4 is 5.32 Å². The lowest BCUT2D eigenvalue weighted by Crippen LogP contribution is -2.58. The van der Waals surface area contributed by atoms with E-state index in [4.69, 9.17) is 4.74 Å². The van der Waals surface area contributed by atoms with E-state index in [2.05, 4.69) is 10.2 Å². The zero-order valence-corrected chi connectivity index (χ0v) is 17.5. The quantitative estimate of drug-likeness (QED) is 0.772. The minimum Gasteiger partial charge on any atom is -0.376 e. The lowest BCUT2D eigenvalue weighted by atomic mass is 9.94. The maximum atomic E-state index is 13.5. The molecule has 3 fully saturated rings. The maximum absolute atomic E-state index is 13.5. The average molecular weight is 418 g/mol. The molecule has 4 rings (SSSR count). The molecule has 0 unspecified atom stereocenters. The number of hydrogen-bond donors (Lipinski definition) is 1. The Labute approximate surface area is 177 Å². The molecule has 1 N–H and O–H groups in total. The van der Waals surface area contributed by atoms with Crippen molar-refractivity contribution in [2.45, 2.75) is 50.7 Å². The molecule has 1 aromatic rings. The van der Waals surface area contributed by atoms with Crippen LogP contribution in [0.4, 0.5) is 4.39 Å². The van der Waals surface area contributed by atoms with Gasteiger partial charge in [0.2, 0.25) is 5.91 Å².